The number of amides is 2. The zero-order valence-electron chi connectivity index (χ0n) is 18.3. The monoisotopic (exact) mass is 423 g/mol. The van der Waals surface area contributed by atoms with E-state index in [0.29, 0.717) is 29.6 Å². The van der Waals surface area contributed by atoms with Crippen molar-refractivity contribution >= 4 is 28.9 Å². The molecule has 2 aliphatic rings. The quantitative estimate of drug-likeness (QED) is 0.770. The Bertz CT molecular complexity index is 960. The van der Waals surface area contributed by atoms with Crippen LogP contribution in [0.4, 0.5) is 17.1 Å². The molecule has 0 bridgehead atoms. The number of benzene rings is 2. The minimum absolute atomic E-state index is 0.106. The van der Waals surface area contributed by atoms with Crippen molar-refractivity contribution in [2.45, 2.75) is 19.8 Å². The van der Waals surface area contributed by atoms with E-state index in [-0.39, 0.29) is 18.2 Å². The number of nitrogens with zero attached hydrogens (tertiary/aromatic N) is 2. The Morgan fingerprint density at radius 3 is 2.48 bits per heavy atom. The number of nitrogens with one attached hydrogen (secondary N) is 1. The molecule has 2 heterocycles. The minimum Gasteiger partial charge on any atom is -0.497 e. The highest BCUT2D eigenvalue weighted by Crippen LogP contribution is 2.36. The molecule has 0 radical (unpaired) electrons. The van der Waals surface area contributed by atoms with Gasteiger partial charge >= 0.3 is 0 Å². The molecule has 2 aromatic carbocycles. The average molecular weight is 424 g/mol. The molecule has 2 saturated heterocycles. The van der Waals surface area contributed by atoms with Crippen molar-refractivity contribution in [1.29, 1.82) is 0 Å². The van der Waals surface area contributed by atoms with Gasteiger partial charge in [0, 0.05) is 43.5 Å². The number of hydrogen-bond acceptors (Lipinski definition) is 5. The average Bonchev–Trinajstić information content (AvgIpc) is 3.39. The molecular formula is C24H29N3O4. The Kier molecular flexibility index (Phi) is 6.02. The lowest BCUT2D eigenvalue weighted by molar-refractivity contribution is -0.122. The molecule has 0 aromatic heterocycles. The molecule has 164 valence electrons. The number of anilines is 3. The Morgan fingerprint density at radius 1 is 1.06 bits per heavy atom. The lowest BCUT2D eigenvalue weighted by Crippen LogP contribution is -2.28. The maximum atomic E-state index is 12.8. The SMILES string of the molecule is COc1ccc(OC)c(N2CC(C(=O)Nc3ccc(N4CCC(C)C4)cc3)CC2=O)c1. The van der Waals surface area contributed by atoms with Gasteiger partial charge in [-0.25, -0.2) is 0 Å². The van der Waals surface area contributed by atoms with E-state index < -0.39 is 5.92 Å². The Balaban J connectivity index is 1.42. The van der Waals surface area contributed by atoms with Gasteiger partial charge in [-0.2, -0.15) is 0 Å². The molecule has 2 unspecified atom stereocenters. The van der Waals surface area contributed by atoms with Gasteiger partial charge in [0.2, 0.25) is 11.8 Å². The van der Waals surface area contributed by atoms with Crippen LogP contribution in [0, 0.1) is 11.8 Å². The summed E-state index contributed by atoms with van der Waals surface area (Å²) >= 11 is 0. The van der Waals surface area contributed by atoms with Gasteiger partial charge in [-0.3, -0.25) is 9.59 Å². The summed E-state index contributed by atoms with van der Waals surface area (Å²) in [6.45, 7) is 4.71. The standard InChI is InChI=1S/C24H29N3O4/c1-16-10-11-26(14-16)19-6-4-18(5-7-19)25-24(29)17-12-23(28)27(15-17)21-13-20(30-2)8-9-22(21)31-3/h4-9,13,16-17H,10-12,14-15H2,1-3H3,(H,25,29). The third kappa shape index (κ3) is 4.45. The maximum Gasteiger partial charge on any atom is 0.229 e. The predicted molar refractivity (Wildman–Crippen MR) is 121 cm³/mol. The molecule has 2 amide bonds. The van der Waals surface area contributed by atoms with Gasteiger partial charge in [0.25, 0.3) is 0 Å². The summed E-state index contributed by atoms with van der Waals surface area (Å²) in [6, 6.07) is 13.2. The topological polar surface area (TPSA) is 71.1 Å². The number of hydrogen-bond donors (Lipinski definition) is 1. The van der Waals surface area contributed by atoms with Crippen LogP contribution >= 0.6 is 0 Å². The summed E-state index contributed by atoms with van der Waals surface area (Å²) in [5, 5.41) is 2.96. The molecule has 2 atom stereocenters. The van der Waals surface area contributed by atoms with Gasteiger partial charge in [0.15, 0.2) is 0 Å². The predicted octanol–water partition coefficient (Wildman–Crippen LogP) is 3.54. The van der Waals surface area contributed by atoms with Crippen LogP contribution in [0.25, 0.3) is 0 Å². The first-order valence-corrected chi connectivity index (χ1v) is 10.7. The molecule has 2 fully saturated rings. The second kappa shape index (κ2) is 8.88. The van der Waals surface area contributed by atoms with Crippen molar-refractivity contribution in [1.82, 2.24) is 0 Å². The van der Waals surface area contributed by atoms with Gasteiger partial charge in [0.05, 0.1) is 25.8 Å². The van der Waals surface area contributed by atoms with Crippen molar-refractivity contribution < 1.29 is 19.1 Å². The highest BCUT2D eigenvalue weighted by molar-refractivity contribution is 6.04. The van der Waals surface area contributed by atoms with E-state index in [1.807, 2.05) is 24.3 Å². The van der Waals surface area contributed by atoms with Crippen molar-refractivity contribution in [2.75, 3.05) is 49.0 Å². The third-order valence-corrected chi connectivity index (χ3v) is 6.10. The minimum atomic E-state index is -0.428. The van der Waals surface area contributed by atoms with Crippen LogP contribution in [0.1, 0.15) is 19.8 Å². The lowest BCUT2D eigenvalue weighted by Gasteiger charge is -2.20. The van der Waals surface area contributed by atoms with E-state index in [2.05, 4.69) is 17.1 Å². The second-order valence-corrected chi connectivity index (χ2v) is 8.32. The fraction of sp³-hybridized carbons (Fsp3) is 0.417. The van der Waals surface area contributed by atoms with Crippen LogP contribution < -0.4 is 24.6 Å². The molecule has 4 rings (SSSR count). The number of carbonyl (C=O) groups excluding carboxylic acids is 2. The van der Waals surface area contributed by atoms with Crippen LogP contribution in [-0.4, -0.2) is 45.7 Å². The molecule has 2 aliphatic heterocycles. The molecule has 7 nitrogen and oxygen atoms in total. The van der Waals surface area contributed by atoms with Gasteiger partial charge in [-0.1, -0.05) is 6.92 Å². The largest absolute Gasteiger partial charge is 0.497 e. The molecule has 0 spiro atoms. The lowest BCUT2D eigenvalue weighted by atomic mass is 10.1. The number of carbonyl (C=O) groups is 2. The highest BCUT2D eigenvalue weighted by atomic mass is 16.5. The van der Waals surface area contributed by atoms with Crippen molar-refractivity contribution in [3.05, 3.63) is 42.5 Å². The first kappa shape index (κ1) is 21.0. The van der Waals surface area contributed by atoms with Crippen LogP contribution in [0.5, 0.6) is 11.5 Å². The van der Waals surface area contributed by atoms with Gasteiger partial charge < -0.3 is 24.6 Å². The molecule has 2 aromatic rings. The smallest absolute Gasteiger partial charge is 0.229 e. The van der Waals surface area contributed by atoms with E-state index in [9.17, 15) is 9.59 Å². The number of rotatable bonds is 6. The first-order chi connectivity index (χ1) is 15.0. The second-order valence-electron chi connectivity index (χ2n) is 8.32. The highest BCUT2D eigenvalue weighted by Gasteiger charge is 2.36. The summed E-state index contributed by atoms with van der Waals surface area (Å²) in [5.74, 6) is 1.23. The third-order valence-electron chi connectivity index (χ3n) is 6.10. The van der Waals surface area contributed by atoms with E-state index in [4.69, 9.17) is 9.47 Å². The van der Waals surface area contributed by atoms with Crippen molar-refractivity contribution in [2.24, 2.45) is 11.8 Å². The summed E-state index contributed by atoms with van der Waals surface area (Å²) < 4.78 is 10.7. The van der Waals surface area contributed by atoms with Gasteiger partial charge in [-0.15, -0.1) is 0 Å². The Labute approximate surface area is 182 Å². The molecule has 0 saturated carbocycles. The number of methoxy groups -OCH3 is 2. The fourth-order valence-electron chi connectivity index (χ4n) is 4.29. The van der Waals surface area contributed by atoms with E-state index in [0.717, 1.165) is 18.8 Å². The molecule has 31 heavy (non-hydrogen) atoms. The molecule has 7 heteroatoms. The molecule has 1 N–H and O–H groups in total. The zero-order valence-corrected chi connectivity index (χ0v) is 18.3. The maximum absolute atomic E-state index is 12.8. The van der Waals surface area contributed by atoms with Crippen LogP contribution in [0.3, 0.4) is 0 Å². The van der Waals surface area contributed by atoms with Crippen LogP contribution in [-0.2, 0) is 9.59 Å². The summed E-state index contributed by atoms with van der Waals surface area (Å²) in [5.41, 5.74) is 2.53. The van der Waals surface area contributed by atoms with Gasteiger partial charge in [0.1, 0.15) is 11.5 Å². The molecular weight excluding hydrogens is 394 g/mol. The van der Waals surface area contributed by atoms with E-state index >= 15 is 0 Å². The molecule has 0 aliphatic carbocycles. The normalized spacial score (nSPS) is 20.8. The first-order valence-electron chi connectivity index (χ1n) is 10.7. The van der Waals surface area contributed by atoms with Gasteiger partial charge in [-0.05, 0) is 48.7 Å². The Morgan fingerprint density at radius 2 is 1.84 bits per heavy atom. The van der Waals surface area contributed by atoms with E-state index in [1.54, 1.807) is 37.3 Å². The summed E-state index contributed by atoms with van der Waals surface area (Å²) in [4.78, 5) is 29.5. The van der Waals surface area contributed by atoms with Crippen molar-refractivity contribution in [3.8, 4) is 11.5 Å². The van der Waals surface area contributed by atoms with Crippen molar-refractivity contribution in [3.63, 3.8) is 0 Å². The summed E-state index contributed by atoms with van der Waals surface area (Å²) in [6.07, 6.45) is 1.37. The zero-order chi connectivity index (χ0) is 22.0. The van der Waals surface area contributed by atoms with Crippen LogP contribution in [0.2, 0.25) is 0 Å². The summed E-state index contributed by atoms with van der Waals surface area (Å²) in [7, 11) is 3.13. The van der Waals surface area contributed by atoms with E-state index in [1.165, 1.54) is 12.1 Å². The van der Waals surface area contributed by atoms with Crippen LogP contribution in [0.15, 0.2) is 42.5 Å². The number of ether oxygens (including phenoxy) is 2. The fourth-order valence-corrected chi connectivity index (χ4v) is 4.29. The Hall–Kier alpha value is -3.22.